The molecule has 1 aliphatic carbocycles. The topological polar surface area (TPSA) is 8.17 Å². The number of anilines is 2. The second-order valence-electron chi connectivity index (χ2n) is 11.3. The van der Waals surface area contributed by atoms with Crippen molar-refractivity contribution in [3.63, 3.8) is 0 Å². The van der Waals surface area contributed by atoms with Crippen molar-refractivity contribution in [1.82, 2.24) is 4.57 Å². The Balaban J connectivity index is 1.16. The molecule has 1 aliphatic rings. The molecule has 8 rings (SSSR count). The molecule has 0 N–H and O–H groups in total. The Bertz CT molecular complexity index is 2140. The van der Waals surface area contributed by atoms with E-state index < -0.39 is 0 Å². The van der Waals surface area contributed by atoms with Crippen molar-refractivity contribution in [1.29, 1.82) is 0 Å². The molecule has 1 aromatic heterocycles. The molecule has 6 aromatic carbocycles. The van der Waals surface area contributed by atoms with Crippen LogP contribution >= 0.6 is 0 Å². The highest BCUT2D eigenvalue weighted by Crippen LogP contribution is 2.38. The van der Waals surface area contributed by atoms with Gasteiger partial charge in [0.25, 0.3) is 0 Å². The van der Waals surface area contributed by atoms with Gasteiger partial charge in [-0.25, -0.2) is 0 Å². The first-order valence-electron chi connectivity index (χ1n) is 15.3. The molecule has 210 valence electrons. The van der Waals surface area contributed by atoms with E-state index in [0.717, 1.165) is 24.2 Å². The van der Waals surface area contributed by atoms with E-state index in [9.17, 15) is 0 Å². The Morgan fingerprint density at radius 3 is 1.98 bits per heavy atom. The van der Waals surface area contributed by atoms with E-state index in [4.69, 9.17) is 0 Å². The molecule has 0 atom stereocenters. The maximum Gasteiger partial charge on any atom is 0.0540 e. The van der Waals surface area contributed by atoms with E-state index in [2.05, 4.69) is 179 Å². The monoisotopic (exact) mass is 564 g/mol. The molecular weight excluding hydrogens is 532 g/mol. The second-order valence-corrected chi connectivity index (χ2v) is 11.3. The van der Waals surface area contributed by atoms with Crippen molar-refractivity contribution in [3.05, 3.63) is 176 Å². The summed E-state index contributed by atoms with van der Waals surface area (Å²) < 4.78 is 2.37. The summed E-state index contributed by atoms with van der Waals surface area (Å²) in [4.78, 5) is 2.40. The maximum absolute atomic E-state index is 2.40. The second kappa shape index (κ2) is 11.2. The highest BCUT2D eigenvalue weighted by molar-refractivity contribution is 5.97. The van der Waals surface area contributed by atoms with Crippen LogP contribution in [0.5, 0.6) is 0 Å². The molecule has 2 nitrogen and oxygen atoms in total. The lowest BCUT2D eigenvalue weighted by molar-refractivity contribution is 0.998. The number of para-hydroxylation sites is 1. The van der Waals surface area contributed by atoms with Crippen LogP contribution < -0.4 is 4.90 Å². The van der Waals surface area contributed by atoms with E-state index in [1.807, 2.05) is 0 Å². The fourth-order valence-corrected chi connectivity index (χ4v) is 6.46. The predicted molar refractivity (Wildman–Crippen MR) is 187 cm³/mol. The van der Waals surface area contributed by atoms with E-state index >= 15 is 0 Å². The summed E-state index contributed by atoms with van der Waals surface area (Å²) in [5.41, 5.74) is 10.8. The van der Waals surface area contributed by atoms with Gasteiger partial charge in [-0.2, -0.15) is 0 Å². The van der Waals surface area contributed by atoms with Crippen LogP contribution in [0.25, 0.3) is 49.7 Å². The summed E-state index contributed by atoms with van der Waals surface area (Å²) in [7, 11) is 0. The number of allylic oxidation sites excluding steroid dienone is 3. The fraction of sp³-hybridized carbons (Fsp3) is 0.0476. The number of hydrogen-bond acceptors (Lipinski definition) is 1. The van der Waals surface area contributed by atoms with Gasteiger partial charge in [-0.15, -0.1) is 0 Å². The molecule has 1 heterocycles. The largest absolute Gasteiger partial charge is 0.310 e. The normalized spacial score (nSPS) is 12.9. The smallest absolute Gasteiger partial charge is 0.0540 e. The van der Waals surface area contributed by atoms with Crippen molar-refractivity contribution < 1.29 is 0 Å². The molecule has 0 aliphatic heterocycles. The molecule has 0 fully saturated rings. The summed E-state index contributed by atoms with van der Waals surface area (Å²) in [6.45, 7) is 0. The van der Waals surface area contributed by atoms with Gasteiger partial charge in [0.1, 0.15) is 0 Å². The number of hydrogen-bond donors (Lipinski definition) is 0. The van der Waals surface area contributed by atoms with Crippen LogP contribution in [0.3, 0.4) is 0 Å². The maximum atomic E-state index is 2.40. The minimum Gasteiger partial charge on any atom is -0.310 e. The van der Waals surface area contributed by atoms with Gasteiger partial charge >= 0.3 is 0 Å². The Hall–Kier alpha value is -5.60. The van der Waals surface area contributed by atoms with Crippen molar-refractivity contribution >= 4 is 33.1 Å². The van der Waals surface area contributed by atoms with Crippen LogP contribution in [0.4, 0.5) is 11.4 Å². The molecule has 2 heteroatoms. The molecule has 44 heavy (non-hydrogen) atoms. The van der Waals surface area contributed by atoms with E-state index in [-0.39, 0.29) is 0 Å². The Kier molecular flexibility index (Phi) is 6.66. The lowest BCUT2D eigenvalue weighted by Crippen LogP contribution is -2.16. The molecule has 0 saturated heterocycles. The third kappa shape index (κ3) is 4.71. The van der Waals surface area contributed by atoms with E-state index in [1.54, 1.807) is 0 Å². The van der Waals surface area contributed by atoms with Gasteiger partial charge in [-0.05, 0) is 83.5 Å². The van der Waals surface area contributed by atoms with Crippen LogP contribution in [0.15, 0.2) is 176 Å². The zero-order valence-electron chi connectivity index (χ0n) is 24.5. The van der Waals surface area contributed by atoms with Gasteiger partial charge < -0.3 is 9.47 Å². The lowest BCUT2D eigenvalue weighted by Gasteiger charge is -2.29. The first-order chi connectivity index (χ1) is 21.8. The highest BCUT2D eigenvalue weighted by Gasteiger charge is 2.17. The van der Waals surface area contributed by atoms with Gasteiger partial charge in [-0.1, -0.05) is 121 Å². The van der Waals surface area contributed by atoms with E-state index in [0.29, 0.717) is 0 Å². The van der Waals surface area contributed by atoms with Gasteiger partial charge in [0.2, 0.25) is 0 Å². The molecule has 7 aromatic rings. The van der Waals surface area contributed by atoms with Crippen LogP contribution in [0.1, 0.15) is 12.8 Å². The average Bonchev–Trinajstić information content (AvgIpc) is 3.50. The van der Waals surface area contributed by atoms with E-state index in [1.165, 1.54) is 55.4 Å². The fourth-order valence-electron chi connectivity index (χ4n) is 6.46. The average molecular weight is 565 g/mol. The number of benzene rings is 6. The quantitative estimate of drug-likeness (QED) is 0.195. The first kappa shape index (κ1) is 26.1. The van der Waals surface area contributed by atoms with Crippen molar-refractivity contribution in [2.75, 3.05) is 4.90 Å². The molecule has 0 saturated carbocycles. The summed E-state index contributed by atoms with van der Waals surface area (Å²) in [5.74, 6) is 0. The predicted octanol–water partition coefficient (Wildman–Crippen LogP) is 11.5. The zero-order chi connectivity index (χ0) is 29.3. The van der Waals surface area contributed by atoms with Crippen molar-refractivity contribution in [2.45, 2.75) is 12.8 Å². The summed E-state index contributed by atoms with van der Waals surface area (Å²) in [6, 6.07) is 54.7. The Labute approximate surface area is 258 Å². The van der Waals surface area contributed by atoms with Gasteiger partial charge in [0.05, 0.1) is 16.9 Å². The molecule has 0 amide bonds. The minimum atomic E-state index is 1.06. The molecule has 0 bridgehead atoms. The Morgan fingerprint density at radius 2 is 1.20 bits per heavy atom. The highest BCUT2D eigenvalue weighted by atomic mass is 15.1. The third-order valence-corrected chi connectivity index (χ3v) is 8.61. The zero-order valence-corrected chi connectivity index (χ0v) is 24.5. The Morgan fingerprint density at radius 1 is 0.523 bits per heavy atom. The molecule has 0 spiro atoms. The SMILES string of the molecule is C1=CC(N(c2ccc(-c3ccc(-n4c(-c5ccccc5)cc5ccccc54)cc3)cc2)c2cccc3ccccc23)=CCC1. The van der Waals surface area contributed by atoms with Crippen LogP contribution in [-0.2, 0) is 0 Å². The molecule has 0 unspecified atom stereocenters. The standard InChI is InChI=1S/C42H32N2/c1-3-13-34(14-4-1)42-30-35-15-8-10-20-40(35)44(42)38-28-24-32(25-29-38)31-22-26-37(27-23-31)43(36-17-5-2-6-18-36)41-21-11-16-33-12-7-9-19-39(33)41/h1,3-5,7-30H,2,6H2. The number of fused-ring (bicyclic) bond motifs is 2. The van der Waals surface area contributed by atoms with Crippen LogP contribution in [-0.4, -0.2) is 4.57 Å². The van der Waals surface area contributed by atoms with Crippen molar-refractivity contribution in [3.8, 4) is 28.1 Å². The summed E-state index contributed by atoms with van der Waals surface area (Å²) in [6.07, 6.45) is 9.03. The summed E-state index contributed by atoms with van der Waals surface area (Å²) >= 11 is 0. The van der Waals surface area contributed by atoms with Crippen molar-refractivity contribution in [2.24, 2.45) is 0 Å². The third-order valence-electron chi connectivity index (χ3n) is 8.61. The van der Waals surface area contributed by atoms with Gasteiger partial charge in [0.15, 0.2) is 0 Å². The van der Waals surface area contributed by atoms with Gasteiger partial charge in [-0.3, -0.25) is 0 Å². The van der Waals surface area contributed by atoms with Gasteiger partial charge in [0, 0.05) is 27.8 Å². The summed E-state index contributed by atoms with van der Waals surface area (Å²) in [5, 5.41) is 3.74. The van der Waals surface area contributed by atoms with Crippen LogP contribution in [0.2, 0.25) is 0 Å². The molecular formula is C42H32N2. The minimum absolute atomic E-state index is 1.06. The number of rotatable bonds is 6. The number of nitrogens with zero attached hydrogens (tertiary/aromatic N) is 2. The van der Waals surface area contributed by atoms with Crippen LogP contribution in [0, 0.1) is 0 Å². The molecule has 0 radical (unpaired) electrons. The lowest BCUT2D eigenvalue weighted by atomic mass is 10.0. The number of aromatic nitrogens is 1. The first-order valence-corrected chi connectivity index (χ1v) is 15.3.